The highest BCUT2D eigenvalue weighted by molar-refractivity contribution is 6.31. The molecule has 0 saturated carbocycles. The molecule has 0 saturated heterocycles. The number of Topliss-reactive ketones (excluding diaryl/α,β-unsaturated/α-hetero) is 1. The average molecular weight is 354 g/mol. The lowest BCUT2D eigenvalue weighted by atomic mass is 10.1. The lowest BCUT2D eigenvalue weighted by molar-refractivity contribution is 0.101. The molecule has 0 aliphatic heterocycles. The van der Waals surface area contributed by atoms with E-state index >= 15 is 0 Å². The number of benzene rings is 2. The second-order valence-corrected chi connectivity index (χ2v) is 5.87. The molecule has 1 aromatic heterocycles. The number of nitrogens with one attached hydrogen (secondary N) is 2. The molecule has 0 bridgehead atoms. The fraction of sp³-hybridized carbons (Fsp3) is 0.111. The zero-order valence-corrected chi connectivity index (χ0v) is 14.5. The molecule has 2 aromatic carbocycles. The Morgan fingerprint density at radius 2 is 1.84 bits per heavy atom. The summed E-state index contributed by atoms with van der Waals surface area (Å²) < 4.78 is 0. The van der Waals surface area contributed by atoms with Gasteiger partial charge in [-0.2, -0.15) is 10.1 Å². The number of carbonyl (C=O) groups is 1. The van der Waals surface area contributed by atoms with Gasteiger partial charge in [-0.15, -0.1) is 5.10 Å². The molecule has 0 aliphatic rings. The van der Waals surface area contributed by atoms with Crippen LogP contribution in [0.1, 0.15) is 22.8 Å². The van der Waals surface area contributed by atoms with Gasteiger partial charge >= 0.3 is 0 Å². The Labute approximate surface area is 150 Å². The van der Waals surface area contributed by atoms with Crippen molar-refractivity contribution in [3.8, 4) is 0 Å². The van der Waals surface area contributed by atoms with Gasteiger partial charge in [-0.25, -0.2) is 0 Å². The van der Waals surface area contributed by atoms with Crippen LogP contribution < -0.4 is 10.6 Å². The van der Waals surface area contributed by atoms with E-state index in [0.717, 1.165) is 16.9 Å². The number of anilines is 4. The van der Waals surface area contributed by atoms with Crippen molar-refractivity contribution in [1.29, 1.82) is 0 Å². The first-order valence-corrected chi connectivity index (χ1v) is 8.00. The first kappa shape index (κ1) is 16.9. The predicted octanol–water partition coefficient (Wildman–Crippen LogP) is 4.52. The van der Waals surface area contributed by atoms with Gasteiger partial charge in [-0.1, -0.05) is 17.7 Å². The van der Waals surface area contributed by atoms with Crippen molar-refractivity contribution in [3.63, 3.8) is 0 Å². The fourth-order valence-corrected chi connectivity index (χ4v) is 2.39. The van der Waals surface area contributed by atoms with E-state index in [1.165, 1.54) is 13.1 Å². The summed E-state index contributed by atoms with van der Waals surface area (Å²) in [6.45, 7) is 3.46. The van der Waals surface area contributed by atoms with Crippen molar-refractivity contribution >= 4 is 40.5 Å². The van der Waals surface area contributed by atoms with E-state index in [4.69, 9.17) is 11.6 Å². The maximum atomic E-state index is 11.3. The molecular formula is C18H16ClN5O. The summed E-state index contributed by atoms with van der Waals surface area (Å²) in [7, 11) is 0. The summed E-state index contributed by atoms with van der Waals surface area (Å²) in [4.78, 5) is 15.7. The number of hydrogen-bond donors (Lipinski definition) is 2. The van der Waals surface area contributed by atoms with E-state index in [-0.39, 0.29) is 5.78 Å². The van der Waals surface area contributed by atoms with Crippen LogP contribution in [0.5, 0.6) is 0 Å². The summed E-state index contributed by atoms with van der Waals surface area (Å²) in [5.41, 5.74) is 3.20. The Morgan fingerprint density at radius 1 is 1.08 bits per heavy atom. The maximum Gasteiger partial charge on any atom is 0.249 e. The van der Waals surface area contributed by atoms with Gasteiger partial charge in [0, 0.05) is 22.0 Å². The van der Waals surface area contributed by atoms with Gasteiger partial charge in [0.15, 0.2) is 11.6 Å². The standard InChI is InChI=1S/C18H16ClN5O/c1-11-15(19)4-3-5-16(11)22-17-10-20-24-18(23-17)21-14-8-6-13(7-9-14)12(2)25/h3-10H,1-2H3,(H2,21,22,23,24). The molecule has 7 heteroatoms. The highest BCUT2D eigenvalue weighted by Gasteiger charge is 2.06. The summed E-state index contributed by atoms with van der Waals surface area (Å²) in [6.07, 6.45) is 1.53. The minimum absolute atomic E-state index is 0.0209. The molecule has 3 aromatic rings. The molecule has 0 atom stereocenters. The van der Waals surface area contributed by atoms with Crippen LogP contribution in [-0.2, 0) is 0 Å². The minimum atomic E-state index is 0.0209. The second kappa shape index (κ2) is 7.27. The molecule has 0 unspecified atom stereocenters. The number of aromatic nitrogens is 3. The van der Waals surface area contributed by atoms with Crippen LogP contribution >= 0.6 is 11.6 Å². The first-order chi connectivity index (χ1) is 12.0. The van der Waals surface area contributed by atoms with Gasteiger partial charge in [-0.05, 0) is 55.8 Å². The number of carbonyl (C=O) groups excluding carboxylic acids is 1. The number of hydrogen-bond acceptors (Lipinski definition) is 6. The largest absolute Gasteiger partial charge is 0.339 e. The van der Waals surface area contributed by atoms with Crippen molar-refractivity contribution in [1.82, 2.24) is 15.2 Å². The molecule has 0 amide bonds. The lowest BCUT2D eigenvalue weighted by Crippen LogP contribution is -2.03. The quantitative estimate of drug-likeness (QED) is 0.656. The van der Waals surface area contributed by atoms with Gasteiger partial charge in [-0.3, -0.25) is 4.79 Å². The third-order valence-corrected chi connectivity index (χ3v) is 4.05. The normalized spacial score (nSPS) is 10.4. The Bertz CT molecular complexity index is 912. The highest BCUT2D eigenvalue weighted by atomic mass is 35.5. The SMILES string of the molecule is CC(=O)c1ccc(Nc2nncc(Nc3cccc(Cl)c3C)n2)cc1. The number of ketones is 1. The van der Waals surface area contributed by atoms with Crippen LogP contribution in [0, 0.1) is 6.92 Å². The van der Waals surface area contributed by atoms with Crippen LogP contribution in [0.2, 0.25) is 5.02 Å². The van der Waals surface area contributed by atoms with Crippen molar-refractivity contribution in [2.45, 2.75) is 13.8 Å². The van der Waals surface area contributed by atoms with Crippen LogP contribution in [0.4, 0.5) is 23.1 Å². The third-order valence-electron chi connectivity index (χ3n) is 3.64. The zero-order valence-electron chi connectivity index (χ0n) is 13.7. The topological polar surface area (TPSA) is 79.8 Å². The molecule has 25 heavy (non-hydrogen) atoms. The van der Waals surface area contributed by atoms with Gasteiger partial charge in [0.2, 0.25) is 5.95 Å². The Morgan fingerprint density at radius 3 is 2.56 bits per heavy atom. The Hall–Kier alpha value is -2.99. The molecule has 0 aliphatic carbocycles. The monoisotopic (exact) mass is 353 g/mol. The molecule has 3 rings (SSSR count). The summed E-state index contributed by atoms with van der Waals surface area (Å²) in [6, 6.07) is 12.7. The fourth-order valence-electron chi connectivity index (χ4n) is 2.21. The van der Waals surface area contributed by atoms with Gasteiger partial charge in [0.05, 0.1) is 6.20 Å². The molecule has 0 fully saturated rings. The van der Waals surface area contributed by atoms with E-state index in [0.29, 0.717) is 22.4 Å². The van der Waals surface area contributed by atoms with Crippen LogP contribution in [0.25, 0.3) is 0 Å². The van der Waals surface area contributed by atoms with Crippen molar-refractivity contribution in [3.05, 3.63) is 64.8 Å². The number of nitrogens with zero attached hydrogens (tertiary/aromatic N) is 3. The smallest absolute Gasteiger partial charge is 0.249 e. The zero-order chi connectivity index (χ0) is 17.8. The molecule has 0 spiro atoms. The van der Waals surface area contributed by atoms with Gasteiger partial charge in [0.25, 0.3) is 0 Å². The lowest BCUT2D eigenvalue weighted by Gasteiger charge is -2.10. The van der Waals surface area contributed by atoms with E-state index in [9.17, 15) is 4.79 Å². The Kier molecular flexibility index (Phi) is 4.90. The average Bonchev–Trinajstić information content (AvgIpc) is 2.60. The molecule has 126 valence electrons. The molecule has 1 heterocycles. The third kappa shape index (κ3) is 4.10. The van der Waals surface area contributed by atoms with Gasteiger partial charge in [0.1, 0.15) is 0 Å². The minimum Gasteiger partial charge on any atom is -0.339 e. The van der Waals surface area contributed by atoms with E-state index in [1.807, 2.05) is 25.1 Å². The summed E-state index contributed by atoms with van der Waals surface area (Å²) >= 11 is 6.13. The Balaban J connectivity index is 1.77. The number of halogens is 1. The van der Waals surface area contributed by atoms with E-state index in [2.05, 4.69) is 25.8 Å². The summed E-state index contributed by atoms with van der Waals surface area (Å²) in [5, 5.41) is 14.8. The van der Waals surface area contributed by atoms with Crippen molar-refractivity contribution < 1.29 is 4.79 Å². The van der Waals surface area contributed by atoms with E-state index < -0.39 is 0 Å². The van der Waals surface area contributed by atoms with E-state index in [1.54, 1.807) is 24.3 Å². The number of rotatable bonds is 5. The first-order valence-electron chi connectivity index (χ1n) is 7.63. The maximum absolute atomic E-state index is 11.3. The predicted molar refractivity (Wildman–Crippen MR) is 99.0 cm³/mol. The molecule has 0 radical (unpaired) electrons. The van der Waals surface area contributed by atoms with Crippen molar-refractivity contribution in [2.75, 3.05) is 10.6 Å². The van der Waals surface area contributed by atoms with Crippen molar-refractivity contribution in [2.24, 2.45) is 0 Å². The summed E-state index contributed by atoms with van der Waals surface area (Å²) in [5.74, 6) is 0.913. The molecular weight excluding hydrogens is 338 g/mol. The molecule has 2 N–H and O–H groups in total. The highest BCUT2D eigenvalue weighted by Crippen LogP contribution is 2.25. The van der Waals surface area contributed by atoms with Crippen LogP contribution in [0.3, 0.4) is 0 Å². The van der Waals surface area contributed by atoms with Crippen LogP contribution in [-0.4, -0.2) is 21.0 Å². The second-order valence-electron chi connectivity index (χ2n) is 5.46. The van der Waals surface area contributed by atoms with Crippen LogP contribution in [0.15, 0.2) is 48.7 Å². The molecule has 6 nitrogen and oxygen atoms in total. The van der Waals surface area contributed by atoms with Gasteiger partial charge < -0.3 is 10.6 Å².